The number of rotatable bonds is 19. The van der Waals surface area contributed by atoms with Gasteiger partial charge in [0.1, 0.15) is 16.1 Å². The SMILES string of the molecule is CCC(CC)COC(=O)c1ccc(N=Nc2cc(C#N)c(N)s2)cc1.CCCCC(CC)CN(CC(CC)CCC)c1ccc(N)cc1. The largest absolute Gasteiger partial charge is 0.462 e. The van der Waals surface area contributed by atoms with E-state index in [-0.39, 0.29) is 5.97 Å². The third kappa shape index (κ3) is 14.1. The fourth-order valence-electron chi connectivity index (χ4n) is 5.44. The highest BCUT2D eigenvalue weighted by Crippen LogP contribution is 2.32. The van der Waals surface area contributed by atoms with Crippen LogP contribution in [0.3, 0.4) is 0 Å². The van der Waals surface area contributed by atoms with Crippen molar-refractivity contribution in [2.45, 2.75) is 99.3 Å². The van der Waals surface area contributed by atoms with E-state index in [1.54, 1.807) is 30.3 Å². The average Bonchev–Trinajstić information content (AvgIpc) is 3.48. The van der Waals surface area contributed by atoms with Crippen LogP contribution in [0.2, 0.25) is 0 Å². The lowest BCUT2D eigenvalue weighted by Crippen LogP contribution is -2.34. The fourth-order valence-corrected chi connectivity index (χ4v) is 6.14. The van der Waals surface area contributed by atoms with Crippen molar-refractivity contribution in [2.75, 3.05) is 36.1 Å². The van der Waals surface area contributed by atoms with Gasteiger partial charge in [-0.15, -0.1) is 10.2 Å². The van der Waals surface area contributed by atoms with Gasteiger partial charge in [0.05, 0.1) is 23.4 Å². The van der Waals surface area contributed by atoms with Crippen LogP contribution >= 0.6 is 11.3 Å². The summed E-state index contributed by atoms with van der Waals surface area (Å²) in [5.74, 6) is 1.65. The van der Waals surface area contributed by atoms with Gasteiger partial charge in [0.15, 0.2) is 0 Å². The number of carbonyl (C=O) groups is 1. The summed E-state index contributed by atoms with van der Waals surface area (Å²) >= 11 is 1.20. The predicted octanol–water partition coefficient (Wildman–Crippen LogP) is 11.3. The molecule has 9 heteroatoms. The second-order valence-corrected chi connectivity index (χ2v) is 13.5. The highest BCUT2D eigenvalue weighted by Gasteiger charge is 2.17. The Kier molecular flexibility index (Phi) is 19.0. The van der Waals surface area contributed by atoms with Crippen LogP contribution in [0.25, 0.3) is 0 Å². The van der Waals surface area contributed by atoms with Crippen molar-refractivity contribution in [3.63, 3.8) is 0 Å². The summed E-state index contributed by atoms with van der Waals surface area (Å²) in [6.07, 6.45) is 11.1. The lowest BCUT2D eigenvalue weighted by molar-refractivity contribution is 0.0433. The van der Waals surface area contributed by atoms with E-state index in [0.29, 0.717) is 39.3 Å². The summed E-state index contributed by atoms with van der Waals surface area (Å²) in [6.45, 7) is 16.2. The highest BCUT2D eigenvalue weighted by molar-refractivity contribution is 7.19. The number of nitrogen functional groups attached to an aromatic ring is 2. The standard InChI is InChI=1S/C21H38N2.C18H20N4O2S/c1-5-9-11-19(8-4)17-23(16-18(7-3)10-6-2)21-14-12-20(22)13-15-21;1-3-12(4-2)11-24-18(23)13-5-7-15(8-6-13)21-22-16-9-14(10-19)17(20)25-16/h12-15,18-19H,5-11,16-17,22H2,1-4H3;5-9,12H,3-4,11,20H2,1-2H3. The molecule has 1 heterocycles. The van der Waals surface area contributed by atoms with Crippen molar-refractivity contribution < 1.29 is 9.53 Å². The Balaban J connectivity index is 0.000000335. The van der Waals surface area contributed by atoms with Gasteiger partial charge in [-0.25, -0.2) is 4.79 Å². The summed E-state index contributed by atoms with van der Waals surface area (Å²) in [6, 6.07) is 18.8. The first-order chi connectivity index (χ1) is 23.2. The Hall–Kier alpha value is -3.90. The molecular formula is C39H58N6O2S. The van der Waals surface area contributed by atoms with Crippen molar-refractivity contribution >= 4 is 44.4 Å². The Labute approximate surface area is 293 Å². The van der Waals surface area contributed by atoms with Crippen LogP contribution in [0.4, 0.5) is 27.1 Å². The normalized spacial score (nSPS) is 12.3. The molecule has 0 saturated carbocycles. The predicted molar refractivity (Wildman–Crippen MR) is 203 cm³/mol. The van der Waals surface area contributed by atoms with Gasteiger partial charge in [-0.3, -0.25) is 0 Å². The van der Waals surface area contributed by atoms with Gasteiger partial charge in [-0.05, 0) is 85.2 Å². The number of hydrogen-bond donors (Lipinski definition) is 2. The Bertz CT molecular complexity index is 1390. The molecule has 0 bridgehead atoms. The number of hydrogen-bond acceptors (Lipinski definition) is 9. The maximum absolute atomic E-state index is 12.0. The van der Waals surface area contributed by atoms with E-state index in [2.05, 4.69) is 68.8 Å². The summed E-state index contributed by atoms with van der Waals surface area (Å²) in [4.78, 5) is 14.6. The monoisotopic (exact) mass is 674 g/mol. The van der Waals surface area contributed by atoms with Gasteiger partial charge in [-0.2, -0.15) is 5.26 Å². The van der Waals surface area contributed by atoms with Crippen LogP contribution in [0.5, 0.6) is 0 Å². The lowest BCUT2D eigenvalue weighted by Gasteiger charge is -2.32. The van der Waals surface area contributed by atoms with Crippen molar-refractivity contribution in [2.24, 2.45) is 28.0 Å². The Morgan fingerprint density at radius 2 is 1.44 bits per heavy atom. The Morgan fingerprint density at radius 3 is 1.96 bits per heavy atom. The van der Waals surface area contributed by atoms with E-state index in [1.807, 2.05) is 18.2 Å². The van der Waals surface area contributed by atoms with Gasteiger partial charge in [0.25, 0.3) is 0 Å². The van der Waals surface area contributed by atoms with E-state index in [1.165, 1.54) is 75.1 Å². The molecule has 0 aliphatic heterocycles. The number of nitrogens with zero attached hydrogens (tertiary/aromatic N) is 4. The Morgan fingerprint density at radius 1 is 0.833 bits per heavy atom. The van der Waals surface area contributed by atoms with E-state index < -0.39 is 0 Å². The molecule has 0 aliphatic carbocycles. The summed E-state index contributed by atoms with van der Waals surface area (Å²) in [5, 5.41) is 18.0. The molecule has 2 atom stereocenters. The second kappa shape index (κ2) is 22.6. The zero-order valence-electron chi connectivity index (χ0n) is 30.1. The number of carbonyl (C=O) groups excluding carboxylic acids is 1. The molecule has 0 fully saturated rings. The molecule has 8 nitrogen and oxygen atoms in total. The molecule has 4 N–H and O–H groups in total. The average molecular weight is 675 g/mol. The molecule has 0 aliphatic rings. The molecule has 1 aromatic heterocycles. The van der Waals surface area contributed by atoms with Gasteiger partial charge in [-0.1, -0.05) is 97.8 Å². The molecule has 0 spiro atoms. The topological polar surface area (TPSA) is 130 Å². The molecule has 0 amide bonds. The number of benzene rings is 2. The minimum Gasteiger partial charge on any atom is -0.462 e. The highest BCUT2D eigenvalue weighted by atomic mass is 32.1. The maximum Gasteiger partial charge on any atom is 0.338 e. The third-order valence-electron chi connectivity index (χ3n) is 8.87. The van der Waals surface area contributed by atoms with E-state index in [4.69, 9.17) is 21.5 Å². The molecule has 2 unspecified atom stereocenters. The number of azo groups is 1. The molecule has 3 rings (SSSR count). The minimum absolute atomic E-state index is 0.333. The summed E-state index contributed by atoms with van der Waals surface area (Å²) in [7, 11) is 0. The number of nitrogens with two attached hydrogens (primary N) is 2. The number of unbranched alkanes of at least 4 members (excludes halogenated alkanes) is 1. The van der Waals surface area contributed by atoms with Crippen LogP contribution < -0.4 is 16.4 Å². The van der Waals surface area contributed by atoms with Gasteiger partial charge >= 0.3 is 5.97 Å². The number of anilines is 3. The third-order valence-corrected chi connectivity index (χ3v) is 9.72. The van der Waals surface area contributed by atoms with Crippen LogP contribution in [0.15, 0.2) is 64.8 Å². The molecule has 2 aromatic carbocycles. The van der Waals surface area contributed by atoms with Gasteiger partial charge in [0, 0.05) is 24.5 Å². The first-order valence-electron chi connectivity index (χ1n) is 17.8. The summed E-state index contributed by atoms with van der Waals surface area (Å²) < 4.78 is 5.33. The molecule has 0 saturated heterocycles. The van der Waals surface area contributed by atoms with E-state index in [0.717, 1.165) is 30.4 Å². The van der Waals surface area contributed by atoms with Crippen LogP contribution in [0, 0.1) is 29.1 Å². The van der Waals surface area contributed by atoms with Crippen LogP contribution in [-0.4, -0.2) is 25.7 Å². The summed E-state index contributed by atoms with van der Waals surface area (Å²) in [5.41, 5.74) is 15.2. The van der Waals surface area contributed by atoms with E-state index in [9.17, 15) is 4.79 Å². The number of ether oxygens (including phenoxy) is 1. The van der Waals surface area contributed by atoms with E-state index >= 15 is 0 Å². The smallest absolute Gasteiger partial charge is 0.338 e. The molecule has 262 valence electrons. The maximum atomic E-state index is 12.0. The second-order valence-electron chi connectivity index (χ2n) is 12.5. The van der Waals surface area contributed by atoms with Crippen molar-refractivity contribution in [3.05, 3.63) is 65.7 Å². The van der Waals surface area contributed by atoms with Crippen molar-refractivity contribution in [3.8, 4) is 6.07 Å². The molecule has 48 heavy (non-hydrogen) atoms. The first-order valence-corrected chi connectivity index (χ1v) is 18.6. The lowest BCUT2D eigenvalue weighted by atomic mass is 9.96. The number of thiophene rings is 1. The molecule has 3 aromatic rings. The van der Waals surface area contributed by atoms with Crippen molar-refractivity contribution in [1.29, 1.82) is 5.26 Å². The van der Waals surface area contributed by atoms with Crippen LogP contribution in [-0.2, 0) is 4.74 Å². The molecular weight excluding hydrogens is 617 g/mol. The number of nitriles is 1. The van der Waals surface area contributed by atoms with Gasteiger partial charge in [0.2, 0.25) is 0 Å². The first kappa shape index (κ1) is 40.3. The zero-order chi connectivity index (χ0) is 35.3. The minimum atomic E-state index is -0.333. The fraction of sp³-hybridized carbons (Fsp3) is 0.538. The number of esters is 1. The molecule has 0 radical (unpaired) electrons. The van der Waals surface area contributed by atoms with Crippen LogP contribution in [0.1, 0.15) is 115 Å². The van der Waals surface area contributed by atoms with Crippen molar-refractivity contribution in [1.82, 2.24) is 0 Å². The zero-order valence-corrected chi connectivity index (χ0v) is 30.9. The van der Waals surface area contributed by atoms with Gasteiger partial charge < -0.3 is 21.1 Å². The quantitative estimate of drug-likeness (QED) is 0.0739.